The van der Waals surface area contributed by atoms with E-state index in [2.05, 4.69) is 45.7 Å². The summed E-state index contributed by atoms with van der Waals surface area (Å²) in [6.07, 6.45) is 6.53. The number of rotatable bonds is 7. The molecule has 0 aromatic carbocycles. The van der Waals surface area contributed by atoms with Crippen LogP contribution in [0.4, 0.5) is 0 Å². The van der Waals surface area contributed by atoms with E-state index in [1.54, 1.807) is 0 Å². The highest BCUT2D eigenvalue weighted by Crippen LogP contribution is 2.26. The third kappa shape index (κ3) is 6.77. The van der Waals surface area contributed by atoms with Crippen LogP contribution in [0, 0.1) is 0 Å². The van der Waals surface area contributed by atoms with E-state index in [0.717, 1.165) is 38.4 Å². The van der Waals surface area contributed by atoms with Gasteiger partial charge in [-0.15, -0.1) is 24.0 Å². The number of hydrogen-bond donors (Lipinski definition) is 2. The number of hydrogen-bond acceptors (Lipinski definition) is 3. The Morgan fingerprint density at radius 1 is 1.46 bits per heavy atom. The Balaban J connectivity index is 0.00000338. The third-order valence-corrected chi connectivity index (χ3v) is 4.64. The van der Waals surface area contributed by atoms with Gasteiger partial charge in [-0.3, -0.25) is 14.5 Å². The number of amides is 1. The number of nitrogens with zero attached hydrogens (tertiary/aromatic N) is 4. The molecule has 2 N–H and O–H groups in total. The zero-order valence-electron chi connectivity index (χ0n) is 16.4. The van der Waals surface area contributed by atoms with Gasteiger partial charge in [0, 0.05) is 51.3 Å². The predicted molar refractivity (Wildman–Crippen MR) is 116 cm³/mol. The minimum Gasteiger partial charge on any atom is -0.357 e. The number of aliphatic imine (C=N–C) groups is 1. The number of likely N-dealkylation sites (tertiary alicyclic amines) is 1. The van der Waals surface area contributed by atoms with Crippen molar-refractivity contribution in [1.82, 2.24) is 25.3 Å². The molecule has 0 radical (unpaired) electrons. The molecule has 1 aromatic heterocycles. The van der Waals surface area contributed by atoms with Crippen molar-refractivity contribution < 1.29 is 4.79 Å². The van der Waals surface area contributed by atoms with Crippen molar-refractivity contribution in [1.29, 1.82) is 0 Å². The van der Waals surface area contributed by atoms with Crippen molar-refractivity contribution >= 4 is 35.8 Å². The lowest BCUT2D eigenvalue weighted by molar-refractivity contribution is -0.121. The van der Waals surface area contributed by atoms with Gasteiger partial charge in [0.05, 0.1) is 12.7 Å². The molecule has 26 heavy (non-hydrogen) atoms. The summed E-state index contributed by atoms with van der Waals surface area (Å²) in [5.41, 5.74) is 1.29. The van der Waals surface area contributed by atoms with Gasteiger partial charge in [-0.2, -0.15) is 5.10 Å². The lowest BCUT2D eigenvalue weighted by Crippen LogP contribution is -2.40. The van der Waals surface area contributed by atoms with Crippen molar-refractivity contribution in [3.8, 4) is 0 Å². The fourth-order valence-corrected chi connectivity index (χ4v) is 3.01. The molecule has 148 valence electrons. The number of aromatic nitrogens is 2. The van der Waals surface area contributed by atoms with Crippen molar-refractivity contribution in [2.45, 2.75) is 52.0 Å². The van der Waals surface area contributed by atoms with E-state index >= 15 is 0 Å². The van der Waals surface area contributed by atoms with E-state index in [-0.39, 0.29) is 35.9 Å². The molecule has 1 fully saturated rings. The number of guanidine groups is 1. The average molecular weight is 476 g/mol. The second kappa shape index (κ2) is 11.4. The minimum atomic E-state index is 0. The first-order chi connectivity index (χ1) is 12.0. The smallest absolute Gasteiger partial charge is 0.222 e. The van der Waals surface area contributed by atoms with Crippen molar-refractivity contribution in [2.24, 2.45) is 12.0 Å². The molecule has 1 aliphatic rings. The van der Waals surface area contributed by atoms with Gasteiger partial charge in [-0.25, -0.2) is 0 Å². The third-order valence-electron chi connectivity index (χ3n) is 4.64. The highest BCUT2D eigenvalue weighted by molar-refractivity contribution is 14.0. The zero-order valence-corrected chi connectivity index (χ0v) is 18.7. The number of carbonyl (C=O) groups excluding carboxylic acids is 1. The maximum absolute atomic E-state index is 11.9. The number of nitrogens with one attached hydrogen (secondary N) is 2. The van der Waals surface area contributed by atoms with E-state index in [1.807, 2.05) is 24.9 Å². The van der Waals surface area contributed by atoms with Crippen molar-refractivity contribution in [3.05, 3.63) is 18.0 Å². The van der Waals surface area contributed by atoms with Gasteiger partial charge in [0.1, 0.15) is 0 Å². The van der Waals surface area contributed by atoms with Crippen LogP contribution in [0.2, 0.25) is 0 Å². The van der Waals surface area contributed by atoms with Gasteiger partial charge in [-0.1, -0.05) is 6.92 Å². The van der Waals surface area contributed by atoms with Crippen LogP contribution in [0.5, 0.6) is 0 Å². The predicted octanol–water partition coefficient (Wildman–Crippen LogP) is 2.10. The molecule has 0 saturated carbocycles. The largest absolute Gasteiger partial charge is 0.357 e. The second-order valence-electron chi connectivity index (χ2n) is 6.74. The fourth-order valence-electron chi connectivity index (χ4n) is 3.01. The summed E-state index contributed by atoms with van der Waals surface area (Å²) in [5.74, 6) is 1.47. The van der Waals surface area contributed by atoms with E-state index in [1.165, 1.54) is 5.56 Å². The standard InChI is InChI=1S/C18H32N6O.HI/c1-5-14(3)22-17(25)7-9-20-18(19-6-2)24-10-8-15(13-24)16-11-21-23(4)12-16;/h11-12,14-15H,5-10,13H2,1-4H3,(H,19,20)(H,22,25);1H. The van der Waals surface area contributed by atoms with Crippen LogP contribution in [-0.4, -0.2) is 58.8 Å². The Morgan fingerprint density at radius 2 is 2.23 bits per heavy atom. The zero-order chi connectivity index (χ0) is 18.2. The quantitative estimate of drug-likeness (QED) is 0.359. The lowest BCUT2D eigenvalue weighted by atomic mass is 10.0. The molecule has 0 bridgehead atoms. The average Bonchev–Trinajstić information content (AvgIpc) is 3.22. The second-order valence-corrected chi connectivity index (χ2v) is 6.74. The van der Waals surface area contributed by atoms with E-state index in [4.69, 9.17) is 0 Å². The van der Waals surface area contributed by atoms with Crippen LogP contribution in [0.25, 0.3) is 0 Å². The van der Waals surface area contributed by atoms with Crippen LogP contribution in [0.3, 0.4) is 0 Å². The summed E-state index contributed by atoms with van der Waals surface area (Å²) >= 11 is 0. The first kappa shape index (κ1) is 22.7. The SMILES string of the molecule is CCNC(=NCCC(=O)NC(C)CC)N1CCC(c2cnn(C)c2)C1.I. The molecule has 0 spiro atoms. The first-order valence-electron chi connectivity index (χ1n) is 9.34. The molecule has 1 amide bonds. The van der Waals surface area contributed by atoms with Crippen LogP contribution in [-0.2, 0) is 11.8 Å². The van der Waals surface area contributed by atoms with Gasteiger partial charge in [-0.05, 0) is 32.3 Å². The fraction of sp³-hybridized carbons (Fsp3) is 0.722. The monoisotopic (exact) mass is 476 g/mol. The molecule has 0 aliphatic carbocycles. The van der Waals surface area contributed by atoms with Gasteiger partial charge in [0.25, 0.3) is 0 Å². The van der Waals surface area contributed by atoms with E-state index < -0.39 is 0 Å². The molecule has 1 saturated heterocycles. The Labute approximate surface area is 174 Å². The summed E-state index contributed by atoms with van der Waals surface area (Å²) in [4.78, 5) is 18.8. The number of carbonyl (C=O) groups is 1. The number of halogens is 1. The molecule has 7 nitrogen and oxygen atoms in total. The van der Waals surface area contributed by atoms with Crippen LogP contribution in [0.15, 0.2) is 17.4 Å². The van der Waals surface area contributed by atoms with Crippen LogP contribution in [0.1, 0.15) is 51.5 Å². The van der Waals surface area contributed by atoms with Gasteiger partial charge >= 0.3 is 0 Å². The maximum atomic E-state index is 11.9. The highest BCUT2D eigenvalue weighted by atomic mass is 127. The molecular formula is C18H33IN6O. The molecule has 2 atom stereocenters. The molecule has 2 heterocycles. The summed E-state index contributed by atoms with van der Waals surface area (Å²) < 4.78 is 1.85. The summed E-state index contributed by atoms with van der Waals surface area (Å²) in [6, 6.07) is 0.225. The Hall–Kier alpha value is -1.32. The first-order valence-corrected chi connectivity index (χ1v) is 9.34. The number of aryl methyl sites for hydroxylation is 1. The summed E-state index contributed by atoms with van der Waals surface area (Å²) in [5, 5.41) is 10.6. The van der Waals surface area contributed by atoms with Crippen LogP contribution < -0.4 is 10.6 Å². The molecule has 1 aliphatic heterocycles. The van der Waals surface area contributed by atoms with Gasteiger partial charge in [0.15, 0.2) is 5.96 Å². The maximum Gasteiger partial charge on any atom is 0.222 e. The van der Waals surface area contributed by atoms with Crippen LogP contribution >= 0.6 is 24.0 Å². The van der Waals surface area contributed by atoms with Crippen molar-refractivity contribution in [3.63, 3.8) is 0 Å². The lowest BCUT2D eigenvalue weighted by Gasteiger charge is -2.21. The topological polar surface area (TPSA) is 74.6 Å². The molecule has 2 unspecified atom stereocenters. The minimum absolute atomic E-state index is 0. The van der Waals surface area contributed by atoms with E-state index in [0.29, 0.717) is 18.9 Å². The van der Waals surface area contributed by atoms with Gasteiger partial charge in [0.2, 0.25) is 5.91 Å². The Kier molecular flexibility index (Phi) is 9.97. The normalized spacial score (nSPS) is 18.4. The highest BCUT2D eigenvalue weighted by Gasteiger charge is 2.26. The van der Waals surface area contributed by atoms with Crippen molar-refractivity contribution in [2.75, 3.05) is 26.2 Å². The Morgan fingerprint density at radius 3 is 2.85 bits per heavy atom. The molecule has 2 rings (SSSR count). The van der Waals surface area contributed by atoms with E-state index in [9.17, 15) is 4.79 Å². The molecular weight excluding hydrogens is 443 g/mol. The molecule has 1 aromatic rings. The summed E-state index contributed by atoms with van der Waals surface area (Å²) in [6.45, 7) is 9.41. The van der Waals surface area contributed by atoms with Gasteiger partial charge < -0.3 is 15.5 Å². The molecule has 8 heteroatoms. The summed E-state index contributed by atoms with van der Waals surface area (Å²) in [7, 11) is 1.95. The Bertz CT molecular complexity index is 588.